The number of nitriles is 1. The van der Waals surface area contributed by atoms with Gasteiger partial charge in [-0.15, -0.1) is 5.10 Å². The van der Waals surface area contributed by atoms with E-state index in [2.05, 4.69) is 56.9 Å². The van der Waals surface area contributed by atoms with Gasteiger partial charge >= 0.3 is 0 Å². The zero-order valence-corrected chi connectivity index (χ0v) is 16.2. The van der Waals surface area contributed by atoms with Crippen LogP contribution in [-0.2, 0) is 10.2 Å². The van der Waals surface area contributed by atoms with Gasteiger partial charge in [-0.05, 0) is 0 Å². The minimum Gasteiger partial charge on any atom is -0.386 e. The van der Waals surface area contributed by atoms with Crippen molar-refractivity contribution in [3.8, 4) is 6.07 Å². The number of anilines is 3. The Hall–Kier alpha value is -2.83. The van der Waals surface area contributed by atoms with Crippen molar-refractivity contribution >= 4 is 17.3 Å². The van der Waals surface area contributed by atoms with Gasteiger partial charge in [0, 0.05) is 31.6 Å². The minimum absolute atomic E-state index is 0.0991. The van der Waals surface area contributed by atoms with Gasteiger partial charge in [0.15, 0.2) is 11.5 Å². The van der Waals surface area contributed by atoms with Crippen LogP contribution in [0.1, 0.15) is 32.2 Å². The molecule has 0 saturated carbocycles. The van der Waals surface area contributed by atoms with E-state index in [9.17, 15) is 0 Å². The summed E-state index contributed by atoms with van der Waals surface area (Å²) in [5, 5.41) is 26.4. The molecule has 1 aliphatic heterocycles. The van der Waals surface area contributed by atoms with Crippen LogP contribution < -0.4 is 16.0 Å². The summed E-state index contributed by atoms with van der Waals surface area (Å²) in [6, 6.07) is 3.79. The highest BCUT2D eigenvalue weighted by Crippen LogP contribution is 2.28. The molecule has 1 aliphatic rings. The second-order valence-corrected chi connectivity index (χ2v) is 6.88. The molecule has 9 heteroatoms. The Morgan fingerprint density at radius 3 is 2.30 bits per heavy atom. The van der Waals surface area contributed by atoms with Crippen molar-refractivity contribution in [2.45, 2.75) is 26.2 Å². The smallest absolute Gasteiger partial charge is 0.158 e. The number of nitrogens with zero attached hydrogens (tertiary/aromatic N) is 5. The topological polar surface area (TPSA) is 121 Å². The molecule has 0 bridgehead atoms. The first-order valence-electron chi connectivity index (χ1n) is 8.77. The molecule has 2 aromatic heterocycles. The first-order valence-corrected chi connectivity index (χ1v) is 8.77. The molecule has 3 N–H and O–H groups in total. The van der Waals surface area contributed by atoms with Crippen molar-refractivity contribution in [1.29, 1.82) is 5.26 Å². The zero-order valence-electron chi connectivity index (χ0n) is 16.2. The molecule has 1 fully saturated rings. The fourth-order valence-electron chi connectivity index (χ4n) is 2.29. The lowest BCUT2D eigenvalue weighted by Crippen LogP contribution is -2.30. The van der Waals surface area contributed by atoms with Crippen LogP contribution >= 0.6 is 0 Å². The van der Waals surface area contributed by atoms with Gasteiger partial charge in [-0.3, -0.25) is 0 Å². The summed E-state index contributed by atoms with van der Waals surface area (Å²) in [6.07, 6.45) is 2.88. The number of ether oxygens (including phenoxy) is 1. The fraction of sp³-hybridized carbons (Fsp3) is 0.500. The highest BCUT2D eigenvalue weighted by Gasteiger charge is 2.20. The van der Waals surface area contributed by atoms with Crippen molar-refractivity contribution < 1.29 is 4.74 Å². The van der Waals surface area contributed by atoms with E-state index < -0.39 is 0 Å². The number of rotatable bonds is 3. The van der Waals surface area contributed by atoms with Gasteiger partial charge in [-0.1, -0.05) is 20.8 Å². The van der Waals surface area contributed by atoms with Gasteiger partial charge in [-0.2, -0.15) is 10.4 Å². The van der Waals surface area contributed by atoms with Crippen molar-refractivity contribution in [3.05, 3.63) is 29.8 Å². The Morgan fingerprint density at radius 2 is 1.85 bits per heavy atom. The summed E-state index contributed by atoms with van der Waals surface area (Å²) >= 11 is 0. The quantitative estimate of drug-likeness (QED) is 0.743. The highest BCUT2D eigenvalue weighted by atomic mass is 16.5. The monoisotopic (exact) mass is 370 g/mol. The highest BCUT2D eigenvalue weighted by molar-refractivity contribution is 5.60. The molecule has 0 aliphatic carbocycles. The molecule has 0 atom stereocenters. The third-order valence-electron chi connectivity index (χ3n) is 3.64. The van der Waals surface area contributed by atoms with E-state index >= 15 is 0 Å². The maximum atomic E-state index is 8.69. The normalized spacial score (nSPS) is 13.7. The number of nitrogens with one attached hydrogen (secondary N) is 3. The van der Waals surface area contributed by atoms with Crippen LogP contribution in [0, 0.1) is 11.3 Å². The Morgan fingerprint density at radius 1 is 1.11 bits per heavy atom. The molecule has 0 spiro atoms. The molecule has 0 aromatic carbocycles. The lowest BCUT2D eigenvalue weighted by atomic mass is 9.91. The molecule has 0 amide bonds. The molecule has 1 saturated heterocycles. The summed E-state index contributed by atoms with van der Waals surface area (Å²) in [4.78, 5) is 8.03. The average molecular weight is 370 g/mol. The van der Waals surface area contributed by atoms with Gasteiger partial charge in [0.2, 0.25) is 0 Å². The van der Waals surface area contributed by atoms with E-state index in [-0.39, 0.29) is 11.1 Å². The second kappa shape index (κ2) is 9.75. The zero-order chi connectivity index (χ0) is 19.7. The predicted octanol–water partition coefficient (Wildman–Crippen LogP) is 1.83. The van der Waals surface area contributed by atoms with Crippen LogP contribution in [0.2, 0.25) is 0 Å². The Kier molecular flexibility index (Phi) is 7.40. The van der Waals surface area contributed by atoms with Crippen LogP contribution in [-0.4, -0.2) is 53.5 Å². The second-order valence-electron chi connectivity index (χ2n) is 6.88. The summed E-state index contributed by atoms with van der Waals surface area (Å²) in [6.45, 7) is 10.1. The summed E-state index contributed by atoms with van der Waals surface area (Å²) in [7, 11) is 1.84. The third-order valence-corrected chi connectivity index (χ3v) is 3.64. The van der Waals surface area contributed by atoms with E-state index in [0.717, 1.165) is 37.7 Å². The standard InChI is InChI=1S/C14H17N7.C4H9NO/c1-14(2,3)13-10(16-4)5-11(20-21-13)19-12-8-17-9(6-15)7-18-12;1-3-6-4-2-5-1/h5,7-8H,1-4H3,(H2,16,18,19,20);5H,1-4H2. The van der Waals surface area contributed by atoms with Gasteiger partial charge in [-0.25, -0.2) is 9.97 Å². The Bertz CT molecular complexity index is 749. The fourth-order valence-corrected chi connectivity index (χ4v) is 2.29. The molecule has 0 unspecified atom stereocenters. The van der Waals surface area contributed by atoms with E-state index in [0.29, 0.717) is 11.6 Å². The van der Waals surface area contributed by atoms with Crippen molar-refractivity contribution in [1.82, 2.24) is 25.5 Å². The van der Waals surface area contributed by atoms with Crippen LogP contribution in [0.4, 0.5) is 17.3 Å². The van der Waals surface area contributed by atoms with Crippen LogP contribution in [0.3, 0.4) is 0 Å². The molecule has 27 heavy (non-hydrogen) atoms. The molecule has 9 nitrogen and oxygen atoms in total. The lowest BCUT2D eigenvalue weighted by Gasteiger charge is -2.20. The summed E-state index contributed by atoms with van der Waals surface area (Å²) in [5.74, 6) is 1.07. The SMILES string of the molecule is C1COCCN1.CNc1cc(Nc2cnc(C#N)cn2)nnc1C(C)(C)C. The maximum Gasteiger partial charge on any atom is 0.158 e. The third kappa shape index (κ3) is 6.44. The lowest BCUT2D eigenvalue weighted by molar-refractivity contribution is 0.109. The van der Waals surface area contributed by atoms with Crippen LogP contribution in [0.25, 0.3) is 0 Å². The Balaban J connectivity index is 0.000000369. The first kappa shape index (κ1) is 20.5. The number of morpholine rings is 1. The Labute approximate surface area is 159 Å². The van der Waals surface area contributed by atoms with Crippen LogP contribution in [0.15, 0.2) is 18.5 Å². The van der Waals surface area contributed by atoms with Crippen molar-refractivity contribution in [2.24, 2.45) is 0 Å². The molecule has 3 rings (SSSR count). The summed E-state index contributed by atoms with van der Waals surface area (Å²) < 4.78 is 5.01. The molecular weight excluding hydrogens is 344 g/mol. The maximum absolute atomic E-state index is 8.69. The molecule has 2 aromatic rings. The van der Waals surface area contributed by atoms with Gasteiger partial charge in [0.05, 0.1) is 37.0 Å². The minimum atomic E-state index is -0.0991. The molecule has 3 heterocycles. The van der Waals surface area contributed by atoms with Gasteiger partial charge in [0.1, 0.15) is 11.9 Å². The molecule has 0 radical (unpaired) electrons. The predicted molar refractivity (Wildman–Crippen MR) is 104 cm³/mol. The van der Waals surface area contributed by atoms with E-state index in [1.807, 2.05) is 19.2 Å². The van der Waals surface area contributed by atoms with Crippen molar-refractivity contribution in [3.63, 3.8) is 0 Å². The first-order chi connectivity index (χ1) is 12.9. The van der Waals surface area contributed by atoms with Crippen LogP contribution in [0.5, 0.6) is 0 Å². The summed E-state index contributed by atoms with van der Waals surface area (Å²) in [5.41, 5.74) is 1.96. The van der Waals surface area contributed by atoms with Crippen molar-refractivity contribution in [2.75, 3.05) is 44.0 Å². The van der Waals surface area contributed by atoms with E-state index in [4.69, 9.17) is 10.00 Å². The average Bonchev–Trinajstić information content (AvgIpc) is 2.69. The molecule has 144 valence electrons. The number of hydrogen-bond donors (Lipinski definition) is 3. The molecular formula is C18H26N8O. The largest absolute Gasteiger partial charge is 0.386 e. The number of aromatic nitrogens is 4. The van der Waals surface area contributed by atoms with E-state index in [1.54, 1.807) is 0 Å². The van der Waals surface area contributed by atoms with Gasteiger partial charge < -0.3 is 20.7 Å². The number of hydrogen-bond acceptors (Lipinski definition) is 9. The van der Waals surface area contributed by atoms with Gasteiger partial charge in [0.25, 0.3) is 0 Å². The van der Waals surface area contributed by atoms with E-state index in [1.165, 1.54) is 12.4 Å².